The quantitative estimate of drug-likeness (QED) is 0.687. The van der Waals surface area contributed by atoms with Crippen molar-refractivity contribution in [3.63, 3.8) is 0 Å². The summed E-state index contributed by atoms with van der Waals surface area (Å²) in [5.41, 5.74) is 1.36. The molecule has 1 aromatic carbocycles. The van der Waals surface area contributed by atoms with E-state index in [4.69, 9.17) is 0 Å². The smallest absolute Gasteiger partial charge is 0.222 e. The molecule has 1 aromatic rings. The van der Waals surface area contributed by atoms with Gasteiger partial charge in [0.05, 0.1) is 0 Å². The summed E-state index contributed by atoms with van der Waals surface area (Å²) < 4.78 is 0. The number of likely N-dealkylation sites (N-methyl/N-ethyl adjacent to an activating group) is 1. The number of nitrogens with one attached hydrogen (secondary N) is 1. The van der Waals surface area contributed by atoms with Crippen molar-refractivity contribution in [3.8, 4) is 0 Å². The van der Waals surface area contributed by atoms with Crippen LogP contribution in [0.15, 0.2) is 30.3 Å². The molecule has 0 spiro atoms. The third-order valence-electron chi connectivity index (χ3n) is 5.75. The molecular formula is C21H36Cl2N4O. The van der Waals surface area contributed by atoms with E-state index in [1.54, 1.807) is 0 Å². The molecule has 3 rings (SSSR count). The maximum Gasteiger partial charge on any atom is 0.222 e. The second-order valence-electron chi connectivity index (χ2n) is 7.84. The molecular weight excluding hydrogens is 395 g/mol. The van der Waals surface area contributed by atoms with E-state index < -0.39 is 0 Å². The van der Waals surface area contributed by atoms with Crippen LogP contribution in [-0.2, 0) is 11.3 Å². The van der Waals surface area contributed by atoms with Crippen molar-refractivity contribution in [1.82, 2.24) is 20.0 Å². The van der Waals surface area contributed by atoms with Crippen molar-refractivity contribution in [2.45, 2.75) is 25.8 Å². The van der Waals surface area contributed by atoms with Crippen molar-refractivity contribution in [1.29, 1.82) is 0 Å². The van der Waals surface area contributed by atoms with Crippen molar-refractivity contribution in [2.24, 2.45) is 5.92 Å². The Kier molecular flexibility index (Phi) is 12.0. The lowest BCUT2D eigenvalue weighted by Gasteiger charge is -2.35. The number of nitrogens with zero attached hydrogens (tertiary/aromatic N) is 3. The highest BCUT2D eigenvalue weighted by Crippen LogP contribution is 2.16. The van der Waals surface area contributed by atoms with Crippen LogP contribution in [0, 0.1) is 5.92 Å². The van der Waals surface area contributed by atoms with E-state index in [0.717, 1.165) is 71.7 Å². The minimum atomic E-state index is 0. The highest BCUT2D eigenvalue weighted by molar-refractivity contribution is 5.85. The first-order chi connectivity index (χ1) is 12.7. The Morgan fingerprint density at radius 3 is 2.50 bits per heavy atom. The number of benzene rings is 1. The molecule has 1 atom stereocenters. The van der Waals surface area contributed by atoms with Crippen LogP contribution in [0.3, 0.4) is 0 Å². The van der Waals surface area contributed by atoms with E-state index in [1.165, 1.54) is 12.0 Å². The molecule has 2 fully saturated rings. The number of carbonyl (C=O) groups is 1. The number of carbonyl (C=O) groups excluding carboxylic acids is 1. The van der Waals surface area contributed by atoms with Crippen molar-refractivity contribution in [3.05, 3.63) is 35.9 Å². The van der Waals surface area contributed by atoms with Crippen LogP contribution in [0.1, 0.15) is 24.8 Å². The summed E-state index contributed by atoms with van der Waals surface area (Å²) in [5, 5.41) is 3.38. The zero-order valence-electron chi connectivity index (χ0n) is 17.0. The van der Waals surface area contributed by atoms with Crippen LogP contribution >= 0.6 is 24.8 Å². The Morgan fingerprint density at radius 2 is 1.86 bits per heavy atom. The van der Waals surface area contributed by atoms with Gasteiger partial charge in [-0.05, 0) is 44.5 Å². The first kappa shape index (κ1) is 25.2. The molecule has 5 nitrogen and oxygen atoms in total. The van der Waals surface area contributed by atoms with E-state index >= 15 is 0 Å². The third-order valence-corrected chi connectivity index (χ3v) is 5.75. The van der Waals surface area contributed by atoms with Gasteiger partial charge in [-0.25, -0.2) is 0 Å². The number of hydrogen-bond donors (Lipinski definition) is 1. The maximum atomic E-state index is 12.4. The lowest BCUT2D eigenvalue weighted by Crippen LogP contribution is -2.50. The number of piperazine rings is 1. The summed E-state index contributed by atoms with van der Waals surface area (Å²) in [6.45, 7) is 9.17. The molecule has 2 saturated heterocycles. The van der Waals surface area contributed by atoms with Gasteiger partial charge in [0.25, 0.3) is 0 Å². The van der Waals surface area contributed by atoms with Gasteiger partial charge in [0.15, 0.2) is 0 Å². The Hall–Kier alpha value is -0.850. The normalized spacial score (nSPS) is 19.9. The van der Waals surface area contributed by atoms with Gasteiger partial charge in [-0.15, -0.1) is 24.8 Å². The summed E-state index contributed by atoms with van der Waals surface area (Å²) in [4.78, 5) is 19.4. The molecule has 1 unspecified atom stereocenters. The average Bonchev–Trinajstić information content (AvgIpc) is 3.19. The van der Waals surface area contributed by atoms with Crippen LogP contribution in [0.4, 0.5) is 0 Å². The number of amides is 1. The second kappa shape index (κ2) is 13.4. The Balaban J connectivity index is 0.00000196. The molecule has 2 aliphatic heterocycles. The number of rotatable bonds is 8. The molecule has 28 heavy (non-hydrogen) atoms. The highest BCUT2D eigenvalue weighted by atomic mass is 35.5. The van der Waals surface area contributed by atoms with Crippen LogP contribution in [0.2, 0.25) is 0 Å². The lowest BCUT2D eigenvalue weighted by atomic mass is 10.0. The Morgan fingerprint density at radius 1 is 1.14 bits per heavy atom. The first-order valence-electron chi connectivity index (χ1n) is 10.1. The van der Waals surface area contributed by atoms with E-state index in [1.807, 2.05) is 0 Å². The van der Waals surface area contributed by atoms with Gasteiger partial charge in [0.2, 0.25) is 5.91 Å². The van der Waals surface area contributed by atoms with E-state index in [2.05, 4.69) is 57.4 Å². The van der Waals surface area contributed by atoms with Gasteiger partial charge in [-0.2, -0.15) is 0 Å². The Labute approximate surface area is 182 Å². The predicted octanol–water partition coefficient (Wildman–Crippen LogP) is 2.50. The molecule has 160 valence electrons. The minimum Gasteiger partial charge on any atom is -0.340 e. The third kappa shape index (κ3) is 8.26. The van der Waals surface area contributed by atoms with E-state index in [-0.39, 0.29) is 24.8 Å². The number of halogens is 2. The fourth-order valence-corrected chi connectivity index (χ4v) is 3.95. The molecule has 0 aromatic heterocycles. The van der Waals surface area contributed by atoms with Gasteiger partial charge >= 0.3 is 0 Å². The van der Waals surface area contributed by atoms with Crippen molar-refractivity contribution < 1.29 is 4.79 Å². The topological polar surface area (TPSA) is 38.8 Å². The van der Waals surface area contributed by atoms with Gasteiger partial charge in [0.1, 0.15) is 0 Å². The molecule has 2 aliphatic rings. The van der Waals surface area contributed by atoms with Crippen LogP contribution in [0.25, 0.3) is 0 Å². The molecule has 1 N–H and O–H groups in total. The molecule has 0 bridgehead atoms. The lowest BCUT2D eigenvalue weighted by molar-refractivity contribution is -0.133. The van der Waals surface area contributed by atoms with E-state index in [9.17, 15) is 4.79 Å². The maximum absolute atomic E-state index is 12.4. The predicted molar refractivity (Wildman–Crippen MR) is 121 cm³/mol. The van der Waals surface area contributed by atoms with Gasteiger partial charge in [0, 0.05) is 52.2 Å². The molecule has 2 heterocycles. The van der Waals surface area contributed by atoms with Gasteiger partial charge in [-0.3, -0.25) is 9.69 Å². The minimum absolute atomic E-state index is 0. The molecule has 0 radical (unpaired) electrons. The fourth-order valence-electron chi connectivity index (χ4n) is 3.95. The largest absolute Gasteiger partial charge is 0.340 e. The van der Waals surface area contributed by atoms with Crippen molar-refractivity contribution in [2.75, 3.05) is 59.4 Å². The summed E-state index contributed by atoms with van der Waals surface area (Å²) in [5.74, 6) is 1.07. The van der Waals surface area contributed by atoms with Gasteiger partial charge in [-0.1, -0.05) is 30.3 Å². The molecule has 0 aliphatic carbocycles. The highest BCUT2D eigenvalue weighted by Gasteiger charge is 2.22. The summed E-state index contributed by atoms with van der Waals surface area (Å²) in [6.07, 6.45) is 3.01. The van der Waals surface area contributed by atoms with Crippen LogP contribution in [-0.4, -0.2) is 80.0 Å². The molecule has 7 heteroatoms. The van der Waals surface area contributed by atoms with E-state index in [0.29, 0.717) is 11.8 Å². The molecule has 1 amide bonds. The second-order valence-corrected chi connectivity index (χ2v) is 7.84. The zero-order chi connectivity index (χ0) is 18.2. The summed E-state index contributed by atoms with van der Waals surface area (Å²) in [7, 11) is 2.19. The standard InChI is InChI=1S/C21H34N4O.2ClH/c1-23(18-20-5-3-2-4-6-20)11-12-24-13-15-25(16-14-24)21(26)8-7-19-9-10-22-17-19;;/h2-6,19,22H,7-18H2,1H3;2*1H. The SMILES string of the molecule is CN(CCN1CCN(C(=O)CCC2CCNC2)CC1)Cc1ccccc1.Cl.Cl. The molecule has 0 saturated carbocycles. The average molecular weight is 431 g/mol. The Bertz CT molecular complexity index is 547. The number of hydrogen-bond acceptors (Lipinski definition) is 4. The van der Waals surface area contributed by atoms with Crippen molar-refractivity contribution >= 4 is 30.7 Å². The summed E-state index contributed by atoms with van der Waals surface area (Å²) >= 11 is 0. The van der Waals surface area contributed by atoms with Crippen LogP contribution in [0.5, 0.6) is 0 Å². The fraction of sp³-hybridized carbons (Fsp3) is 0.667. The summed E-state index contributed by atoms with van der Waals surface area (Å²) in [6, 6.07) is 10.6. The first-order valence-corrected chi connectivity index (χ1v) is 10.1. The zero-order valence-corrected chi connectivity index (χ0v) is 18.6. The monoisotopic (exact) mass is 430 g/mol. The van der Waals surface area contributed by atoms with Crippen LogP contribution < -0.4 is 5.32 Å². The van der Waals surface area contributed by atoms with Gasteiger partial charge < -0.3 is 15.1 Å².